The van der Waals surface area contributed by atoms with Crippen molar-refractivity contribution in [1.82, 2.24) is 4.90 Å². The third kappa shape index (κ3) is 3.94. The van der Waals surface area contributed by atoms with E-state index in [0.29, 0.717) is 24.7 Å². The number of benzene rings is 1. The maximum Gasteiger partial charge on any atom is 0.0900 e. The third-order valence-corrected chi connectivity index (χ3v) is 8.79. The van der Waals surface area contributed by atoms with Crippen LogP contribution in [0.15, 0.2) is 18.2 Å². The smallest absolute Gasteiger partial charge is 0.0900 e. The van der Waals surface area contributed by atoms with Crippen molar-refractivity contribution in [1.29, 1.82) is 0 Å². The fourth-order valence-electron chi connectivity index (χ4n) is 6.05. The number of β-amino-alcohol motifs (C(OH)–C–C–N with tert-alkyl or cyclic N) is 1. The summed E-state index contributed by atoms with van der Waals surface area (Å²) in [6.45, 7) is 14.3. The Bertz CT molecular complexity index is 732. The highest BCUT2D eigenvalue weighted by Gasteiger charge is 2.61. The van der Waals surface area contributed by atoms with Gasteiger partial charge in [-0.3, -0.25) is 4.90 Å². The van der Waals surface area contributed by atoms with E-state index in [-0.39, 0.29) is 5.41 Å². The predicted molar refractivity (Wildman–Crippen MR) is 120 cm³/mol. The molecule has 1 saturated heterocycles. The number of aliphatic hydroxyl groups is 1. The lowest BCUT2D eigenvalue weighted by Crippen LogP contribution is -2.49. The van der Waals surface area contributed by atoms with Gasteiger partial charge in [-0.15, -0.1) is 0 Å². The molecule has 0 unspecified atom stereocenters. The third-order valence-electron chi connectivity index (χ3n) is 8.56. The summed E-state index contributed by atoms with van der Waals surface area (Å²) in [5.41, 5.74) is 3.11. The number of aryl methyl sites for hydroxylation is 1. The summed E-state index contributed by atoms with van der Waals surface area (Å²) in [4.78, 5) is 4.76. The molecule has 3 aliphatic rings. The molecule has 2 aliphatic carbocycles. The summed E-state index contributed by atoms with van der Waals surface area (Å²) in [6, 6.07) is 6.10. The molecule has 2 saturated carbocycles. The maximum absolute atomic E-state index is 10.6. The molecule has 0 aromatic heterocycles. The minimum atomic E-state index is -0.416. The predicted octanol–water partition coefficient (Wildman–Crippen LogP) is 4.36. The van der Waals surface area contributed by atoms with Crippen molar-refractivity contribution in [3.8, 4) is 0 Å². The summed E-state index contributed by atoms with van der Waals surface area (Å²) < 4.78 is 6.30. The van der Waals surface area contributed by atoms with E-state index < -0.39 is 6.10 Å². The molecule has 4 rings (SSSR count). The van der Waals surface area contributed by atoms with Crippen molar-refractivity contribution in [2.24, 2.45) is 16.7 Å². The largest absolute Gasteiger partial charge is 0.389 e. The van der Waals surface area contributed by atoms with Gasteiger partial charge in [0.15, 0.2) is 0 Å². The van der Waals surface area contributed by atoms with E-state index in [1.807, 2.05) is 6.07 Å². The van der Waals surface area contributed by atoms with Gasteiger partial charge in [0.1, 0.15) is 0 Å². The Hall–Kier alpha value is -0.810. The lowest BCUT2D eigenvalue weighted by Gasteiger charge is -2.40. The Morgan fingerprint density at radius 1 is 1.21 bits per heavy atom. The molecule has 1 aromatic rings. The van der Waals surface area contributed by atoms with Gasteiger partial charge in [0, 0.05) is 43.4 Å². The Kier molecular flexibility index (Phi) is 5.93. The summed E-state index contributed by atoms with van der Waals surface area (Å²) >= 11 is 6.19. The molecule has 1 N–H and O–H groups in total. The SMILES string of the molecule is Cc1ccc(Cl)cc1N1CCN(C[C@H](O)CO[C@@H]2C[C@H]3CC[C@@]2(C)C3(C)C)CC1. The zero-order valence-electron chi connectivity index (χ0n) is 18.5. The molecule has 1 heterocycles. The van der Waals surface area contributed by atoms with Gasteiger partial charge in [0.2, 0.25) is 0 Å². The summed E-state index contributed by atoms with van der Waals surface area (Å²) in [7, 11) is 0. The fraction of sp³-hybridized carbons (Fsp3) is 0.750. The van der Waals surface area contributed by atoms with Gasteiger partial charge in [0.25, 0.3) is 0 Å². The van der Waals surface area contributed by atoms with Gasteiger partial charge in [-0.1, -0.05) is 38.4 Å². The molecular weight excluding hydrogens is 384 g/mol. The Morgan fingerprint density at radius 3 is 2.55 bits per heavy atom. The number of piperazine rings is 1. The highest BCUT2D eigenvalue weighted by Crippen LogP contribution is 2.66. The zero-order chi connectivity index (χ0) is 20.8. The monoisotopic (exact) mass is 420 g/mol. The van der Waals surface area contributed by atoms with Crippen molar-refractivity contribution in [3.05, 3.63) is 28.8 Å². The van der Waals surface area contributed by atoms with Crippen LogP contribution in [0.1, 0.15) is 45.6 Å². The van der Waals surface area contributed by atoms with Crippen molar-refractivity contribution in [3.63, 3.8) is 0 Å². The highest BCUT2D eigenvalue weighted by molar-refractivity contribution is 6.30. The second-order valence-corrected chi connectivity index (χ2v) is 10.7. The van der Waals surface area contributed by atoms with E-state index in [9.17, 15) is 5.11 Å². The van der Waals surface area contributed by atoms with E-state index in [2.05, 4.69) is 49.6 Å². The maximum atomic E-state index is 10.6. The average molecular weight is 421 g/mol. The molecule has 4 atom stereocenters. The molecule has 4 nitrogen and oxygen atoms in total. The van der Waals surface area contributed by atoms with E-state index in [1.54, 1.807) is 0 Å². The number of fused-ring (bicyclic) bond motifs is 2. The summed E-state index contributed by atoms with van der Waals surface area (Å²) in [6.07, 6.45) is 3.64. The van der Waals surface area contributed by atoms with Crippen LogP contribution in [-0.2, 0) is 4.74 Å². The molecule has 1 aliphatic heterocycles. The van der Waals surface area contributed by atoms with Crippen LogP contribution in [0.25, 0.3) is 0 Å². The van der Waals surface area contributed by atoms with Crippen LogP contribution in [-0.4, -0.2) is 61.5 Å². The molecule has 0 radical (unpaired) electrons. The molecule has 5 heteroatoms. The molecule has 3 fully saturated rings. The number of anilines is 1. The molecular formula is C24H37ClN2O2. The Morgan fingerprint density at radius 2 is 1.93 bits per heavy atom. The van der Waals surface area contributed by atoms with E-state index in [1.165, 1.54) is 24.1 Å². The molecule has 162 valence electrons. The molecule has 2 bridgehead atoms. The minimum Gasteiger partial charge on any atom is -0.389 e. The Balaban J connectivity index is 1.24. The summed E-state index contributed by atoms with van der Waals surface area (Å²) in [5, 5.41) is 11.4. The number of hydrogen-bond acceptors (Lipinski definition) is 4. The van der Waals surface area contributed by atoms with E-state index in [0.717, 1.165) is 43.5 Å². The van der Waals surface area contributed by atoms with Crippen molar-refractivity contribution >= 4 is 17.3 Å². The van der Waals surface area contributed by atoms with Crippen LogP contribution in [0.5, 0.6) is 0 Å². The average Bonchev–Trinajstić information content (AvgIpc) is 3.02. The first-order valence-corrected chi connectivity index (χ1v) is 11.6. The number of aliphatic hydroxyl groups excluding tert-OH is 1. The second kappa shape index (κ2) is 8.03. The highest BCUT2D eigenvalue weighted by atomic mass is 35.5. The van der Waals surface area contributed by atoms with Crippen LogP contribution >= 0.6 is 11.6 Å². The fourth-order valence-corrected chi connectivity index (χ4v) is 6.22. The number of halogens is 1. The standard InChI is InChI=1S/C24H37ClN2O2/c1-17-5-6-19(25)14-21(17)27-11-9-26(10-12-27)15-20(28)16-29-22-13-18-7-8-24(22,4)23(18,2)3/h5-6,14,18,20,22,28H,7-13,15-16H2,1-4H3/t18-,20+,22-,24-/m1/s1. The first-order valence-electron chi connectivity index (χ1n) is 11.2. The van der Waals surface area contributed by atoms with Gasteiger partial charge in [-0.25, -0.2) is 0 Å². The Labute approximate surface area is 181 Å². The molecule has 0 spiro atoms. The van der Waals surface area contributed by atoms with Crippen molar-refractivity contribution in [2.45, 2.75) is 59.2 Å². The topological polar surface area (TPSA) is 35.9 Å². The number of ether oxygens (including phenoxy) is 1. The van der Waals surface area contributed by atoms with Crippen LogP contribution in [0.4, 0.5) is 5.69 Å². The van der Waals surface area contributed by atoms with Crippen molar-refractivity contribution < 1.29 is 9.84 Å². The minimum absolute atomic E-state index is 0.262. The quantitative estimate of drug-likeness (QED) is 0.741. The second-order valence-electron chi connectivity index (χ2n) is 10.3. The van der Waals surface area contributed by atoms with Gasteiger partial charge in [-0.05, 0) is 60.6 Å². The number of rotatable bonds is 6. The molecule has 0 amide bonds. The lowest BCUT2D eigenvalue weighted by atomic mass is 9.70. The number of nitrogens with zero attached hydrogens (tertiary/aromatic N) is 2. The van der Waals surface area contributed by atoms with Crippen LogP contribution in [0, 0.1) is 23.7 Å². The first-order chi connectivity index (χ1) is 13.7. The normalized spacial score (nSPS) is 32.7. The van der Waals surface area contributed by atoms with Crippen LogP contribution < -0.4 is 4.90 Å². The first kappa shape index (κ1) is 21.4. The number of hydrogen-bond donors (Lipinski definition) is 1. The van der Waals surface area contributed by atoms with Crippen LogP contribution in [0.2, 0.25) is 5.02 Å². The van der Waals surface area contributed by atoms with Gasteiger partial charge < -0.3 is 14.7 Å². The molecule has 29 heavy (non-hydrogen) atoms. The van der Waals surface area contributed by atoms with Crippen LogP contribution in [0.3, 0.4) is 0 Å². The van der Waals surface area contributed by atoms with E-state index in [4.69, 9.17) is 16.3 Å². The van der Waals surface area contributed by atoms with Gasteiger partial charge in [-0.2, -0.15) is 0 Å². The van der Waals surface area contributed by atoms with Crippen molar-refractivity contribution in [2.75, 3.05) is 44.2 Å². The van der Waals surface area contributed by atoms with E-state index >= 15 is 0 Å². The summed E-state index contributed by atoms with van der Waals surface area (Å²) in [5.74, 6) is 0.776. The molecule has 1 aromatic carbocycles. The lowest BCUT2D eigenvalue weighted by molar-refractivity contribution is -0.0794. The van der Waals surface area contributed by atoms with Gasteiger partial charge in [0.05, 0.1) is 18.8 Å². The zero-order valence-corrected chi connectivity index (χ0v) is 19.2. The van der Waals surface area contributed by atoms with Gasteiger partial charge >= 0.3 is 0 Å².